The third kappa shape index (κ3) is 5.05. The van der Waals surface area contributed by atoms with E-state index in [9.17, 15) is 4.79 Å². The molecule has 3 heteroatoms. The molecule has 0 heterocycles. The Morgan fingerprint density at radius 2 is 1.70 bits per heavy atom. The first-order chi connectivity index (χ1) is 13.2. The van der Waals surface area contributed by atoms with Gasteiger partial charge in [0.2, 0.25) is 0 Å². The Bertz CT molecular complexity index is 902. The molecule has 0 spiro atoms. The third-order valence-electron chi connectivity index (χ3n) is 4.52. The summed E-state index contributed by atoms with van der Waals surface area (Å²) in [6.45, 7) is 6.15. The summed E-state index contributed by atoms with van der Waals surface area (Å²) in [6.07, 6.45) is 1.66. The monoisotopic (exact) mass is 360 g/mol. The largest absolute Gasteiger partial charge is 0.456 e. The Hall–Kier alpha value is -2.91. The van der Waals surface area contributed by atoms with Crippen LogP contribution in [0, 0.1) is 0 Å². The van der Waals surface area contributed by atoms with Crippen molar-refractivity contribution >= 4 is 16.7 Å². The molecule has 0 fully saturated rings. The highest BCUT2D eigenvalue weighted by Crippen LogP contribution is 2.18. The van der Waals surface area contributed by atoms with Crippen LogP contribution in [0.25, 0.3) is 10.8 Å². The summed E-state index contributed by atoms with van der Waals surface area (Å²) in [5, 5.41) is 2.39. The van der Waals surface area contributed by atoms with Crippen molar-refractivity contribution in [2.45, 2.75) is 32.2 Å². The number of fused-ring (bicyclic) bond motifs is 1. The Kier molecular flexibility index (Phi) is 6.39. The molecule has 3 aromatic rings. The van der Waals surface area contributed by atoms with Crippen LogP contribution in [0.15, 0.2) is 85.5 Å². The number of rotatable bonds is 8. The standard InChI is InChI=1S/C24H24O3/c1-3-9-23(27-24(25)21-11-5-4-6-12-21)18(2)26-17-19-14-15-20-10-7-8-13-22(20)16-19/h3-8,10-16,18,23H,1,9,17H2,2H3/t18-,23-/m0/s1. The Labute approximate surface area is 160 Å². The molecule has 27 heavy (non-hydrogen) atoms. The van der Waals surface area contributed by atoms with Gasteiger partial charge in [0.05, 0.1) is 18.3 Å². The van der Waals surface area contributed by atoms with Gasteiger partial charge in [-0.2, -0.15) is 0 Å². The molecule has 3 rings (SSSR count). The molecule has 0 amide bonds. The fourth-order valence-electron chi connectivity index (χ4n) is 2.94. The van der Waals surface area contributed by atoms with Crippen LogP contribution in [0.3, 0.4) is 0 Å². The van der Waals surface area contributed by atoms with Gasteiger partial charge >= 0.3 is 5.97 Å². The molecule has 0 radical (unpaired) electrons. The smallest absolute Gasteiger partial charge is 0.338 e. The van der Waals surface area contributed by atoms with E-state index in [4.69, 9.17) is 9.47 Å². The molecule has 0 saturated carbocycles. The number of esters is 1. The van der Waals surface area contributed by atoms with Gasteiger partial charge in [0.1, 0.15) is 6.10 Å². The molecule has 0 aliphatic carbocycles. The normalized spacial score (nSPS) is 13.1. The highest BCUT2D eigenvalue weighted by molar-refractivity contribution is 5.89. The van der Waals surface area contributed by atoms with Gasteiger partial charge < -0.3 is 9.47 Å². The fraction of sp³-hybridized carbons (Fsp3) is 0.208. The van der Waals surface area contributed by atoms with Crippen molar-refractivity contribution in [1.29, 1.82) is 0 Å². The lowest BCUT2D eigenvalue weighted by atomic mass is 10.1. The van der Waals surface area contributed by atoms with E-state index in [2.05, 4.69) is 36.9 Å². The summed E-state index contributed by atoms with van der Waals surface area (Å²) < 4.78 is 11.7. The molecule has 3 nitrogen and oxygen atoms in total. The molecule has 3 aromatic carbocycles. The minimum absolute atomic E-state index is 0.248. The van der Waals surface area contributed by atoms with E-state index in [1.54, 1.807) is 18.2 Å². The Morgan fingerprint density at radius 3 is 2.44 bits per heavy atom. The summed E-state index contributed by atoms with van der Waals surface area (Å²) in [7, 11) is 0. The van der Waals surface area contributed by atoms with Crippen molar-refractivity contribution in [2.75, 3.05) is 0 Å². The van der Waals surface area contributed by atoms with Crippen LogP contribution in [0.2, 0.25) is 0 Å². The Balaban J connectivity index is 1.62. The van der Waals surface area contributed by atoms with Gasteiger partial charge in [0, 0.05) is 6.42 Å². The summed E-state index contributed by atoms with van der Waals surface area (Å²) in [4.78, 5) is 12.3. The average molecular weight is 360 g/mol. The number of benzene rings is 3. The summed E-state index contributed by atoms with van der Waals surface area (Å²) >= 11 is 0. The van der Waals surface area contributed by atoms with E-state index >= 15 is 0 Å². The first-order valence-corrected chi connectivity index (χ1v) is 9.13. The van der Waals surface area contributed by atoms with Crippen LogP contribution in [-0.2, 0) is 16.1 Å². The molecule has 0 bridgehead atoms. The van der Waals surface area contributed by atoms with Crippen molar-refractivity contribution < 1.29 is 14.3 Å². The van der Waals surface area contributed by atoms with Gasteiger partial charge in [0.25, 0.3) is 0 Å². The van der Waals surface area contributed by atoms with E-state index in [0.717, 1.165) is 5.56 Å². The van der Waals surface area contributed by atoms with Gasteiger partial charge in [-0.15, -0.1) is 6.58 Å². The number of carbonyl (C=O) groups excluding carboxylic acids is 1. The summed E-state index contributed by atoms with van der Waals surface area (Å²) in [5.41, 5.74) is 1.63. The molecule has 0 aromatic heterocycles. The van der Waals surface area contributed by atoms with Crippen LogP contribution >= 0.6 is 0 Å². The second kappa shape index (κ2) is 9.15. The maximum Gasteiger partial charge on any atom is 0.338 e. The van der Waals surface area contributed by atoms with Crippen molar-refractivity contribution in [3.63, 3.8) is 0 Å². The molecule has 138 valence electrons. The van der Waals surface area contributed by atoms with Gasteiger partial charge in [-0.05, 0) is 41.5 Å². The van der Waals surface area contributed by atoms with E-state index in [-0.39, 0.29) is 18.2 Å². The van der Waals surface area contributed by atoms with Crippen LogP contribution in [0.1, 0.15) is 29.3 Å². The lowest BCUT2D eigenvalue weighted by Crippen LogP contribution is -2.31. The molecule has 0 aliphatic rings. The van der Waals surface area contributed by atoms with Crippen LogP contribution in [-0.4, -0.2) is 18.2 Å². The van der Waals surface area contributed by atoms with Crippen molar-refractivity contribution in [2.24, 2.45) is 0 Å². The highest BCUT2D eigenvalue weighted by atomic mass is 16.6. The molecule has 0 N–H and O–H groups in total. The van der Waals surface area contributed by atoms with Gasteiger partial charge in [-0.3, -0.25) is 0 Å². The maximum atomic E-state index is 12.3. The lowest BCUT2D eigenvalue weighted by molar-refractivity contribution is -0.0497. The van der Waals surface area contributed by atoms with Crippen molar-refractivity contribution in [3.05, 3.63) is 96.6 Å². The van der Waals surface area contributed by atoms with Gasteiger partial charge in [0.15, 0.2) is 0 Å². The van der Waals surface area contributed by atoms with Crippen molar-refractivity contribution in [3.8, 4) is 0 Å². The first kappa shape index (κ1) is 18.9. The minimum Gasteiger partial charge on any atom is -0.456 e. The van der Waals surface area contributed by atoms with E-state index in [1.807, 2.05) is 37.3 Å². The minimum atomic E-state index is -0.379. The predicted octanol–water partition coefficient (Wildman–Crippen LogP) is 5.55. The first-order valence-electron chi connectivity index (χ1n) is 9.13. The fourth-order valence-corrected chi connectivity index (χ4v) is 2.94. The molecule has 0 aliphatic heterocycles. The van der Waals surface area contributed by atoms with Crippen LogP contribution < -0.4 is 0 Å². The van der Waals surface area contributed by atoms with Crippen molar-refractivity contribution in [1.82, 2.24) is 0 Å². The average Bonchev–Trinajstić information content (AvgIpc) is 2.72. The number of hydrogen-bond acceptors (Lipinski definition) is 3. The molecular weight excluding hydrogens is 336 g/mol. The zero-order valence-corrected chi connectivity index (χ0v) is 15.5. The third-order valence-corrected chi connectivity index (χ3v) is 4.52. The zero-order valence-electron chi connectivity index (χ0n) is 15.5. The highest BCUT2D eigenvalue weighted by Gasteiger charge is 2.22. The molecule has 0 unspecified atom stereocenters. The van der Waals surface area contributed by atoms with E-state index < -0.39 is 0 Å². The molecule has 2 atom stereocenters. The topological polar surface area (TPSA) is 35.5 Å². The molecule has 0 saturated heterocycles. The van der Waals surface area contributed by atoms with Gasteiger partial charge in [-0.25, -0.2) is 4.79 Å². The van der Waals surface area contributed by atoms with Crippen LogP contribution in [0.5, 0.6) is 0 Å². The zero-order chi connectivity index (χ0) is 19.1. The predicted molar refractivity (Wildman–Crippen MR) is 109 cm³/mol. The second-order valence-electron chi connectivity index (χ2n) is 6.53. The van der Waals surface area contributed by atoms with Gasteiger partial charge in [-0.1, -0.05) is 60.7 Å². The quantitative estimate of drug-likeness (QED) is 0.390. The number of carbonyl (C=O) groups is 1. The summed E-state index contributed by atoms with van der Waals surface area (Å²) in [6, 6.07) is 23.5. The van der Waals surface area contributed by atoms with E-state index in [1.165, 1.54) is 10.8 Å². The van der Waals surface area contributed by atoms with Crippen LogP contribution in [0.4, 0.5) is 0 Å². The summed E-state index contributed by atoms with van der Waals surface area (Å²) in [5.74, 6) is -0.344. The molecular formula is C24H24O3. The Morgan fingerprint density at radius 1 is 1.00 bits per heavy atom. The van der Waals surface area contributed by atoms with E-state index in [0.29, 0.717) is 18.6 Å². The number of ether oxygens (including phenoxy) is 2. The number of hydrogen-bond donors (Lipinski definition) is 0. The second-order valence-corrected chi connectivity index (χ2v) is 6.53. The SMILES string of the molecule is C=CC[C@H](OC(=O)c1ccccc1)[C@H](C)OCc1ccc2ccccc2c1. The lowest BCUT2D eigenvalue weighted by Gasteiger charge is -2.23. The maximum absolute atomic E-state index is 12.3.